The van der Waals surface area contributed by atoms with Crippen LogP contribution in [0, 0.1) is 17.7 Å². The quantitative estimate of drug-likeness (QED) is 0.700. The predicted octanol–water partition coefficient (Wildman–Crippen LogP) is -0.152. The van der Waals surface area contributed by atoms with Crippen molar-refractivity contribution in [1.82, 2.24) is 9.21 Å². The number of fused-ring (bicyclic) bond motifs is 1. The van der Waals surface area contributed by atoms with E-state index in [4.69, 9.17) is 0 Å². The van der Waals surface area contributed by atoms with Gasteiger partial charge < -0.3 is 4.90 Å². The Balaban J connectivity index is 1.38. The number of imide groups is 1. The van der Waals surface area contributed by atoms with Crippen LogP contribution in [-0.4, -0.2) is 62.3 Å². The summed E-state index contributed by atoms with van der Waals surface area (Å²) in [5.41, 5.74) is 0. The highest BCUT2D eigenvalue weighted by atomic mass is 32.2. The van der Waals surface area contributed by atoms with Gasteiger partial charge in [0.2, 0.25) is 21.8 Å². The molecular weight excluding hydrogens is 385 g/mol. The van der Waals surface area contributed by atoms with Crippen molar-refractivity contribution >= 4 is 21.8 Å². The van der Waals surface area contributed by atoms with Gasteiger partial charge in [-0.05, 0) is 31.0 Å². The molecule has 1 aromatic carbocycles. The number of nitrogens with zero attached hydrogens (tertiary/aromatic N) is 2. The molecule has 2 saturated heterocycles. The van der Waals surface area contributed by atoms with Crippen LogP contribution < -0.4 is 4.90 Å². The van der Waals surface area contributed by atoms with Crippen molar-refractivity contribution in [2.24, 2.45) is 11.8 Å². The van der Waals surface area contributed by atoms with Crippen LogP contribution in [0.1, 0.15) is 25.7 Å². The lowest BCUT2D eigenvalue weighted by Crippen LogP contribution is -3.16. The number of piperazine rings is 1. The number of benzene rings is 1. The highest BCUT2D eigenvalue weighted by molar-refractivity contribution is 7.89. The number of nitrogens with one attached hydrogen (secondary N) is 1. The highest BCUT2D eigenvalue weighted by Gasteiger charge is 2.49. The molecule has 7 nitrogen and oxygen atoms in total. The predicted molar refractivity (Wildman–Crippen MR) is 98.0 cm³/mol. The van der Waals surface area contributed by atoms with E-state index in [1.807, 2.05) is 0 Å². The summed E-state index contributed by atoms with van der Waals surface area (Å²) in [6.07, 6.45) is 3.58. The van der Waals surface area contributed by atoms with E-state index in [0.29, 0.717) is 19.8 Å². The Morgan fingerprint density at radius 3 is 2.21 bits per heavy atom. The minimum absolute atomic E-state index is 0.0510. The molecule has 2 amide bonds. The average molecular weight is 410 g/mol. The van der Waals surface area contributed by atoms with E-state index >= 15 is 0 Å². The van der Waals surface area contributed by atoms with E-state index in [1.54, 1.807) is 0 Å². The van der Waals surface area contributed by atoms with Crippen molar-refractivity contribution in [3.05, 3.63) is 30.1 Å². The zero-order valence-electron chi connectivity index (χ0n) is 15.6. The first-order valence-electron chi connectivity index (χ1n) is 9.82. The fourth-order valence-corrected chi connectivity index (χ4v) is 6.06. The van der Waals surface area contributed by atoms with Gasteiger partial charge in [0, 0.05) is 0 Å². The summed E-state index contributed by atoms with van der Waals surface area (Å²) in [5, 5.41) is 0. The number of quaternary nitrogens is 1. The van der Waals surface area contributed by atoms with Crippen molar-refractivity contribution in [3.8, 4) is 0 Å². The first-order chi connectivity index (χ1) is 13.4. The van der Waals surface area contributed by atoms with Crippen molar-refractivity contribution in [2.75, 3.05) is 32.8 Å². The number of carbonyl (C=O) groups is 2. The topological polar surface area (TPSA) is 79.2 Å². The number of likely N-dealkylation sites (tertiary alicyclic amines) is 1. The molecule has 9 heteroatoms. The van der Waals surface area contributed by atoms with Gasteiger partial charge in [0.25, 0.3) is 0 Å². The maximum absolute atomic E-state index is 13.4. The molecule has 1 saturated carbocycles. The van der Waals surface area contributed by atoms with Gasteiger partial charge in [-0.1, -0.05) is 18.9 Å². The lowest BCUT2D eigenvalue weighted by Gasteiger charge is -2.33. The summed E-state index contributed by atoms with van der Waals surface area (Å²) < 4.78 is 40.1. The van der Waals surface area contributed by atoms with Crippen LogP contribution in [0.5, 0.6) is 0 Å². The SMILES string of the molecule is O=C1[C@@H]2CCCC[C@H]2C(=O)N1C[NH+]1CCN(S(=O)(=O)c2cccc(F)c2)CC1. The first-order valence-corrected chi connectivity index (χ1v) is 11.3. The third-order valence-corrected chi connectivity index (χ3v) is 8.07. The minimum Gasteiger partial charge on any atom is -0.315 e. The fourth-order valence-electron chi connectivity index (χ4n) is 4.59. The number of halogens is 1. The van der Waals surface area contributed by atoms with Crippen LogP contribution in [0.4, 0.5) is 4.39 Å². The highest BCUT2D eigenvalue weighted by Crippen LogP contribution is 2.37. The van der Waals surface area contributed by atoms with Gasteiger partial charge >= 0.3 is 0 Å². The molecule has 1 aromatic rings. The fraction of sp³-hybridized carbons (Fsp3) is 0.579. The largest absolute Gasteiger partial charge is 0.315 e. The molecule has 28 heavy (non-hydrogen) atoms. The Hall–Kier alpha value is -1.84. The van der Waals surface area contributed by atoms with Crippen molar-refractivity contribution < 1.29 is 27.3 Å². The molecule has 0 bridgehead atoms. The number of carbonyl (C=O) groups excluding carboxylic acids is 2. The Bertz CT molecular complexity index is 859. The number of sulfonamides is 1. The Morgan fingerprint density at radius 1 is 1.04 bits per heavy atom. The summed E-state index contributed by atoms with van der Waals surface area (Å²) in [6.45, 7) is 1.86. The van der Waals surface area contributed by atoms with Gasteiger partial charge in [0.1, 0.15) is 5.82 Å². The standard InChI is InChI=1S/C19H24FN3O4S/c20-14-4-3-5-15(12-14)28(26,27)22-10-8-21(9-11-22)13-23-18(24)16-6-1-2-7-17(16)19(23)25/h3-5,12,16-17H,1-2,6-11,13H2/p+1/t16-,17-/m1/s1. The van der Waals surface area contributed by atoms with Crippen molar-refractivity contribution in [3.63, 3.8) is 0 Å². The van der Waals surface area contributed by atoms with Gasteiger partial charge in [-0.25, -0.2) is 17.7 Å². The molecule has 2 aliphatic heterocycles. The summed E-state index contributed by atoms with van der Waals surface area (Å²) in [4.78, 5) is 27.6. The molecule has 1 aliphatic carbocycles. The van der Waals surface area contributed by atoms with E-state index in [9.17, 15) is 22.4 Å². The summed E-state index contributed by atoms with van der Waals surface area (Å²) >= 11 is 0. The number of amides is 2. The average Bonchev–Trinajstić information content (AvgIpc) is 2.94. The zero-order valence-corrected chi connectivity index (χ0v) is 16.5. The Labute approximate surface area is 164 Å². The molecule has 0 aromatic heterocycles. The second-order valence-electron chi connectivity index (χ2n) is 7.87. The maximum Gasteiger partial charge on any atom is 0.243 e. The van der Waals surface area contributed by atoms with Gasteiger partial charge in [0.15, 0.2) is 6.67 Å². The summed E-state index contributed by atoms with van der Waals surface area (Å²) in [6, 6.07) is 5.01. The van der Waals surface area contributed by atoms with E-state index in [1.165, 1.54) is 27.4 Å². The molecular formula is C19H25FN3O4S+. The van der Waals surface area contributed by atoms with Gasteiger partial charge in [-0.15, -0.1) is 0 Å². The van der Waals surface area contributed by atoms with E-state index in [-0.39, 0.29) is 41.6 Å². The number of rotatable bonds is 4. The van der Waals surface area contributed by atoms with Crippen molar-refractivity contribution in [2.45, 2.75) is 30.6 Å². The molecule has 4 rings (SSSR count). The molecule has 1 N–H and O–H groups in total. The summed E-state index contributed by atoms with van der Waals surface area (Å²) in [7, 11) is -3.74. The van der Waals surface area contributed by atoms with Gasteiger partial charge in [-0.3, -0.25) is 9.59 Å². The summed E-state index contributed by atoms with van der Waals surface area (Å²) in [5.74, 6) is -1.02. The van der Waals surface area contributed by atoms with Crippen LogP contribution in [0.2, 0.25) is 0 Å². The van der Waals surface area contributed by atoms with Crippen LogP contribution in [0.15, 0.2) is 29.2 Å². The molecule has 0 spiro atoms. The molecule has 2 heterocycles. The maximum atomic E-state index is 13.4. The normalized spacial score (nSPS) is 27.2. The number of hydrogen-bond donors (Lipinski definition) is 1. The van der Waals surface area contributed by atoms with Gasteiger partial charge in [0.05, 0.1) is 42.9 Å². The van der Waals surface area contributed by atoms with E-state index < -0.39 is 15.8 Å². The second kappa shape index (κ2) is 7.53. The van der Waals surface area contributed by atoms with Crippen LogP contribution in [-0.2, 0) is 19.6 Å². The molecule has 2 atom stereocenters. The third kappa shape index (κ3) is 3.46. The van der Waals surface area contributed by atoms with Crippen LogP contribution in [0.25, 0.3) is 0 Å². The van der Waals surface area contributed by atoms with Crippen LogP contribution in [0.3, 0.4) is 0 Å². The molecule has 0 unspecified atom stereocenters. The number of hydrogen-bond acceptors (Lipinski definition) is 4. The van der Waals surface area contributed by atoms with Crippen molar-refractivity contribution in [1.29, 1.82) is 0 Å². The minimum atomic E-state index is -3.74. The molecule has 0 radical (unpaired) electrons. The van der Waals surface area contributed by atoms with E-state index in [0.717, 1.165) is 36.6 Å². The smallest absolute Gasteiger partial charge is 0.243 e. The van der Waals surface area contributed by atoms with E-state index in [2.05, 4.69) is 0 Å². The zero-order chi connectivity index (χ0) is 19.9. The monoisotopic (exact) mass is 410 g/mol. The lowest BCUT2D eigenvalue weighted by molar-refractivity contribution is -0.910. The molecule has 3 aliphatic rings. The Morgan fingerprint density at radius 2 is 1.64 bits per heavy atom. The third-order valence-electron chi connectivity index (χ3n) is 6.18. The second-order valence-corrected chi connectivity index (χ2v) is 9.81. The molecule has 3 fully saturated rings. The Kier molecular flexibility index (Phi) is 5.24. The van der Waals surface area contributed by atoms with Gasteiger partial charge in [-0.2, -0.15) is 4.31 Å². The lowest BCUT2D eigenvalue weighted by atomic mass is 9.81. The van der Waals surface area contributed by atoms with Crippen LogP contribution >= 0.6 is 0 Å². The molecule has 152 valence electrons. The first kappa shape index (κ1) is 19.5.